The number of ether oxygens (including phenoxy) is 1. The summed E-state index contributed by atoms with van der Waals surface area (Å²) >= 11 is 0. The number of rotatable bonds is 5. The number of aryl methyl sites for hydroxylation is 2. The number of aromatic nitrogens is 2. The van der Waals surface area contributed by atoms with Gasteiger partial charge in [0.15, 0.2) is 0 Å². The zero-order valence-electron chi connectivity index (χ0n) is 12.3. The molecule has 0 radical (unpaired) electrons. The lowest BCUT2D eigenvalue weighted by atomic mass is 9.93. The molecule has 0 aromatic carbocycles. The number of anilines is 1. The van der Waals surface area contributed by atoms with Crippen LogP contribution in [0.5, 0.6) is 0 Å². The molecule has 2 rings (SSSR count). The summed E-state index contributed by atoms with van der Waals surface area (Å²) in [6.07, 6.45) is 2.53. The fraction of sp³-hybridized carbons (Fsp3) is 0.769. The van der Waals surface area contributed by atoms with Crippen LogP contribution in [0.4, 0.5) is 11.5 Å². The summed E-state index contributed by atoms with van der Waals surface area (Å²) in [5, 5.41) is 18.8. The molecule has 1 aliphatic heterocycles. The highest BCUT2D eigenvalue weighted by atomic mass is 16.6. The molecule has 1 aromatic rings. The average molecular weight is 282 g/mol. The minimum Gasteiger partial charge on any atom is -0.381 e. The summed E-state index contributed by atoms with van der Waals surface area (Å²) in [5.74, 6) is 0.981. The molecule has 1 atom stereocenters. The molecule has 0 amide bonds. The maximum absolute atomic E-state index is 11.3. The van der Waals surface area contributed by atoms with Gasteiger partial charge in [0.25, 0.3) is 0 Å². The smallest absolute Gasteiger partial charge is 0.333 e. The van der Waals surface area contributed by atoms with E-state index in [4.69, 9.17) is 4.74 Å². The van der Waals surface area contributed by atoms with Crippen molar-refractivity contribution >= 4 is 11.5 Å². The van der Waals surface area contributed by atoms with Crippen LogP contribution in [0.15, 0.2) is 0 Å². The monoisotopic (exact) mass is 282 g/mol. The van der Waals surface area contributed by atoms with E-state index in [9.17, 15) is 10.1 Å². The van der Waals surface area contributed by atoms with Crippen molar-refractivity contribution in [1.29, 1.82) is 0 Å². The summed E-state index contributed by atoms with van der Waals surface area (Å²) < 4.78 is 6.93. The van der Waals surface area contributed by atoms with Crippen molar-refractivity contribution in [3.63, 3.8) is 0 Å². The summed E-state index contributed by atoms with van der Waals surface area (Å²) in [6, 6.07) is 0.165. The van der Waals surface area contributed by atoms with Crippen LogP contribution in [0, 0.1) is 16.0 Å². The Balaban J connectivity index is 2.19. The quantitative estimate of drug-likeness (QED) is 0.660. The zero-order chi connectivity index (χ0) is 14.7. The third-order valence-electron chi connectivity index (χ3n) is 3.95. The molecule has 112 valence electrons. The van der Waals surface area contributed by atoms with Gasteiger partial charge >= 0.3 is 5.69 Å². The fourth-order valence-corrected chi connectivity index (χ4v) is 2.71. The van der Waals surface area contributed by atoms with E-state index in [-0.39, 0.29) is 16.7 Å². The van der Waals surface area contributed by atoms with Crippen molar-refractivity contribution < 1.29 is 9.66 Å². The van der Waals surface area contributed by atoms with Crippen molar-refractivity contribution in [1.82, 2.24) is 9.78 Å². The highest BCUT2D eigenvalue weighted by molar-refractivity contribution is 5.60. The molecule has 0 aliphatic carbocycles. The highest BCUT2D eigenvalue weighted by Gasteiger charge is 2.29. The summed E-state index contributed by atoms with van der Waals surface area (Å²) in [6.45, 7) is 5.48. The van der Waals surface area contributed by atoms with Gasteiger partial charge in [-0.05, 0) is 32.1 Å². The molecule has 2 heterocycles. The van der Waals surface area contributed by atoms with E-state index >= 15 is 0 Å². The molecule has 1 fully saturated rings. The maximum atomic E-state index is 11.3. The molecule has 1 aliphatic rings. The predicted molar refractivity (Wildman–Crippen MR) is 75.9 cm³/mol. The van der Waals surface area contributed by atoms with Crippen LogP contribution in [0.25, 0.3) is 0 Å². The van der Waals surface area contributed by atoms with Crippen molar-refractivity contribution in [2.45, 2.75) is 39.2 Å². The predicted octanol–water partition coefficient (Wildman–Crippen LogP) is 2.12. The first-order valence-electron chi connectivity index (χ1n) is 7.09. The number of hydrogen-bond acceptors (Lipinski definition) is 5. The van der Waals surface area contributed by atoms with Gasteiger partial charge in [0, 0.05) is 26.3 Å². The van der Waals surface area contributed by atoms with E-state index in [0.29, 0.717) is 23.9 Å². The van der Waals surface area contributed by atoms with E-state index in [0.717, 1.165) is 26.1 Å². The van der Waals surface area contributed by atoms with Gasteiger partial charge in [0.2, 0.25) is 5.82 Å². The third kappa shape index (κ3) is 2.92. The lowest BCUT2D eigenvalue weighted by Crippen LogP contribution is -2.31. The second-order valence-electron chi connectivity index (χ2n) is 5.26. The van der Waals surface area contributed by atoms with Crippen LogP contribution in [0.1, 0.15) is 32.4 Å². The van der Waals surface area contributed by atoms with Gasteiger partial charge in [-0.2, -0.15) is 5.10 Å². The lowest BCUT2D eigenvalue weighted by molar-refractivity contribution is -0.384. The molecule has 1 aromatic heterocycles. The Morgan fingerprint density at radius 2 is 2.20 bits per heavy atom. The van der Waals surface area contributed by atoms with Crippen LogP contribution >= 0.6 is 0 Å². The molecule has 0 saturated carbocycles. The first-order chi connectivity index (χ1) is 9.54. The first kappa shape index (κ1) is 14.8. The molecule has 1 saturated heterocycles. The molecule has 20 heavy (non-hydrogen) atoms. The van der Waals surface area contributed by atoms with Crippen molar-refractivity contribution in [2.24, 2.45) is 13.0 Å². The van der Waals surface area contributed by atoms with Crippen LogP contribution in [0.3, 0.4) is 0 Å². The average Bonchev–Trinajstić information content (AvgIpc) is 2.76. The number of nitro groups is 1. The van der Waals surface area contributed by atoms with Crippen LogP contribution in [0.2, 0.25) is 0 Å². The molecule has 7 nitrogen and oxygen atoms in total. The maximum Gasteiger partial charge on any atom is 0.333 e. The van der Waals surface area contributed by atoms with E-state index in [2.05, 4.69) is 17.3 Å². The normalized spacial score (nSPS) is 17.9. The standard InChI is InChI=1S/C13H22N4O3/c1-4-11-12(17(18)19)13(16(3)15-11)14-9(2)10-5-7-20-8-6-10/h9-10,14H,4-8H2,1-3H3. The van der Waals surface area contributed by atoms with Gasteiger partial charge in [-0.15, -0.1) is 0 Å². The van der Waals surface area contributed by atoms with Crippen LogP contribution in [-0.4, -0.2) is 34.0 Å². The van der Waals surface area contributed by atoms with Gasteiger partial charge in [0.05, 0.1) is 4.92 Å². The zero-order valence-corrected chi connectivity index (χ0v) is 12.3. The number of nitrogens with zero attached hydrogens (tertiary/aromatic N) is 3. The molecule has 1 N–H and O–H groups in total. The summed E-state index contributed by atoms with van der Waals surface area (Å²) in [7, 11) is 1.74. The molecular formula is C13H22N4O3. The topological polar surface area (TPSA) is 82.2 Å². The minimum atomic E-state index is -0.342. The van der Waals surface area contributed by atoms with Crippen LogP contribution < -0.4 is 5.32 Å². The largest absolute Gasteiger partial charge is 0.381 e. The molecule has 0 bridgehead atoms. The molecule has 7 heteroatoms. The first-order valence-corrected chi connectivity index (χ1v) is 7.09. The van der Waals surface area contributed by atoms with Crippen molar-refractivity contribution in [3.05, 3.63) is 15.8 Å². The van der Waals surface area contributed by atoms with Gasteiger partial charge in [-0.1, -0.05) is 6.92 Å². The van der Waals surface area contributed by atoms with Gasteiger partial charge < -0.3 is 10.1 Å². The Labute approximate surface area is 118 Å². The number of hydrogen-bond donors (Lipinski definition) is 1. The van der Waals surface area contributed by atoms with Crippen molar-refractivity contribution in [3.8, 4) is 0 Å². The SMILES string of the molecule is CCc1nn(C)c(NC(C)C2CCOCC2)c1[N+](=O)[O-]. The second-order valence-corrected chi connectivity index (χ2v) is 5.26. The van der Waals surface area contributed by atoms with E-state index in [1.165, 1.54) is 0 Å². The molecule has 1 unspecified atom stereocenters. The molecular weight excluding hydrogens is 260 g/mol. The van der Waals surface area contributed by atoms with Crippen LogP contribution in [-0.2, 0) is 18.2 Å². The summed E-state index contributed by atoms with van der Waals surface area (Å²) in [4.78, 5) is 10.9. The Morgan fingerprint density at radius 1 is 1.55 bits per heavy atom. The minimum absolute atomic E-state index is 0.105. The highest BCUT2D eigenvalue weighted by Crippen LogP contribution is 2.31. The van der Waals surface area contributed by atoms with E-state index in [1.54, 1.807) is 11.7 Å². The van der Waals surface area contributed by atoms with Gasteiger partial charge in [-0.25, -0.2) is 4.68 Å². The van der Waals surface area contributed by atoms with E-state index in [1.807, 2.05) is 6.92 Å². The van der Waals surface area contributed by atoms with Gasteiger partial charge in [-0.3, -0.25) is 10.1 Å². The Kier molecular flexibility index (Phi) is 4.59. The van der Waals surface area contributed by atoms with Crippen molar-refractivity contribution in [2.75, 3.05) is 18.5 Å². The Morgan fingerprint density at radius 3 is 2.75 bits per heavy atom. The van der Waals surface area contributed by atoms with E-state index < -0.39 is 0 Å². The fourth-order valence-electron chi connectivity index (χ4n) is 2.71. The molecule has 0 spiro atoms. The number of nitrogens with one attached hydrogen (secondary N) is 1. The third-order valence-corrected chi connectivity index (χ3v) is 3.95. The van der Waals surface area contributed by atoms with Gasteiger partial charge in [0.1, 0.15) is 5.69 Å². The Hall–Kier alpha value is -1.63. The Bertz CT molecular complexity index is 480. The lowest BCUT2D eigenvalue weighted by Gasteiger charge is -2.28. The summed E-state index contributed by atoms with van der Waals surface area (Å²) in [5.41, 5.74) is 0.632. The second kappa shape index (κ2) is 6.21.